The lowest BCUT2D eigenvalue weighted by atomic mass is 9.37. The van der Waals surface area contributed by atoms with E-state index in [1.54, 1.807) is 6.92 Å². The van der Waals surface area contributed by atoms with Gasteiger partial charge in [0.15, 0.2) is 0 Å². The molecule has 10 atom stereocenters. The third kappa shape index (κ3) is 3.36. The molecule has 0 amide bonds. The molecular weight excluding hydrogens is 436 g/mol. The van der Waals surface area contributed by atoms with Crippen LogP contribution in [0.25, 0.3) is 0 Å². The number of esters is 1. The minimum atomic E-state index is -0.560. The number of fused-ring (bicyclic) bond motifs is 7. The maximum absolute atomic E-state index is 12.8. The number of ether oxygens (including phenoxy) is 1. The third-order valence-corrected chi connectivity index (χ3v) is 12.9. The van der Waals surface area contributed by atoms with Crippen LogP contribution in [0, 0.1) is 57.2 Å². The van der Waals surface area contributed by atoms with Crippen molar-refractivity contribution in [2.24, 2.45) is 57.2 Å². The van der Waals surface area contributed by atoms with Crippen molar-refractivity contribution in [3.8, 4) is 0 Å². The third-order valence-electron chi connectivity index (χ3n) is 12.9. The number of carbonyl (C=O) groups excluding carboxylic acids is 1. The Balaban J connectivity index is 1.52. The summed E-state index contributed by atoms with van der Waals surface area (Å²) in [5, 5.41) is 10.5. The van der Waals surface area contributed by atoms with Gasteiger partial charge in [-0.25, -0.2) is 0 Å². The van der Waals surface area contributed by atoms with Gasteiger partial charge in [-0.05, 0) is 104 Å². The second-order valence-corrected chi connectivity index (χ2v) is 14.4. The van der Waals surface area contributed by atoms with Gasteiger partial charge in [0.2, 0.25) is 0 Å². The first-order chi connectivity index (χ1) is 16.3. The molecule has 0 radical (unpaired) electrons. The highest BCUT2D eigenvalue weighted by Crippen LogP contribution is 2.71. The molecule has 0 aliphatic heterocycles. The van der Waals surface area contributed by atoms with Crippen molar-refractivity contribution in [3.63, 3.8) is 0 Å². The molecule has 0 aromatic carbocycles. The highest BCUT2D eigenvalue weighted by molar-refractivity contribution is 5.76. The van der Waals surface area contributed by atoms with Gasteiger partial charge in [-0.2, -0.15) is 0 Å². The van der Waals surface area contributed by atoms with Crippen LogP contribution in [0.1, 0.15) is 106 Å². The summed E-state index contributed by atoms with van der Waals surface area (Å²) < 4.78 is 5.85. The molecule has 0 aromatic rings. The van der Waals surface area contributed by atoms with Gasteiger partial charge in [0.05, 0.1) is 5.41 Å². The zero-order valence-corrected chi connectivity index (χ0v) is 23.2. The van der Waals surface area contributed by atoms with E-state index in [9.17, 15) is 14.7 Å². The molecule has 196 valence electrons. The van der Waals surface area contributed by atoms with Gasteiger partial charge in [0.1, 0.15) is 6.10 Å². The van der Waals surface area contributed by atoms with Crippen molar-refractivity contribution in [2.75, 3.05) is 0 Å². The van der Waals surface area contributed by atoms with Crippen LogP contribution in [0.15, 0.2) is 11.6 Å². The maximum Gasteiger partial charge on any atom is 0.310 e. The Morgan fingerprint density at radius 1 is 0.943 bits per heavy atom. The fourth-order valence-corrected chi connectivity index (χ4v) is 10.8. The average molecular weight is 485 g/mol. The Morgan fingerprint density at radius 3 is 2.31 bits per heavy atom. The molecule has 0 aromatic heterocycles. The minimum absolute atomic E-state index is 0.00958. The van der Waals surface area contributed by atoms with Crippen molar-refractivity contribution in [3.05, 3.63) is 11.6 Å². The lowest BCUT2D eigenvalue weighted by Crippen LogP contribution is -2.62. The number of hydrogen-bond acceptors (Lipinski definition) is 3. The molecule has 4 saturated carbocycles. The summed E-state index contributed by atoms with van der Waals surface area (Å²) in [6, 6.07) is 0. The monoisotopic (exact) mass is 484 g/mol. The van der Waals surface area contributed by atoms with E-state index in [-0.39, 0.29) is 34.2 Å². The lowest BCUT2D eigenvalue weighted by Gasteiger charge is -2.67. The fourth-order valence-electron chi connectivity index (χ4n) is 10.8. The molecule has 0 bridgehead atoms. The van der Waals surface area contributed by atoms with Crippen LogP contribution in [-0.4, -0.2) is 23.1 Å². The number of allylic oxidation sites excluding steroid dienone is 2. The number of carboxylic acids is 1. The average Bonchev–Trinajstić information content (AvgIpc) is 2.77. The molecular formula is C31H48O4. The first kappa shape index (κ1) is 25.3. The quantitative estimate of drug-likeness (QED) is 0.331. The predicted octanol–water partition coefficient (Wildman–Crippen LogP) is 7.27. The van der Waals surface area contributed by atoms with E-state index < -0.39 is 11.4 Å². The van der Waals surface area contributed by atoms with E-state index in [1.165, 1.54) is 18.4 Å². The number of aliphatic carboxylic acids is 1. The number of rotatable bonds is 2. The highest BCUT2D eigenvalue weighted by Gasteiger charge is 2.66. The van der Waals surface area contributed by atoms with Crippen molar-refractivity contribution in [2.45, 2.75) is 112 Å². The van der Waals surface area contributed by atoms with E-state index in [4.69, 9.17) is 4.74 Å². The molecule has 1 N–H and O–H groups in total. The molecule has 0 heterocycles. The molecule has 4 heteroatoms. The summed E-state index contributed by atoms with van der Waals surface area (Å²) in [5.74, 6) is 2.28. The molecule has 5 aliphatic rings. The smallest absolute Gasteiger partial charge is 0.310 e. The van der Waals surface area contributed by atoms with Crippen LogP contribution >= 0.6 is 0 Å². The van der Waals surface area contributed by atoms with E-state index in [0.29, 0.717) is 29.6 Å². The topological polar surface area (TPSA) is 63.6 Å². The molecule has 5 aliphatic carbocycles. The Labute approximate surface area is 212 Å². The normalized spacial score (nSPS) is 50.5. The second-order valence-electron chi connectivity index (χ2n) is 14.4. The standard InChI is InChI=1S/C31H48O4/c1-18-12-15-31(27(33)34)17-16-29(6)21-10-11-24-28(4,5)25(35-20(3)32)13-14-30(24,7)22(21)8-9-23(29)26(31)19(18)2/h9,18-19,21-22,24-26H,8,10-17H2,1-7H3,(H,33,34)/t18-,19?,21?,22+,24+,25+,26+,29+,30-,31+/m1/s1. The summed E-state index contributed by atoms with van der Waals surface area (Å²) in [5.41, 5.74) is 1.28. The van der Waals surface area contributed by atoms with Crippen LogP contribution < -0.4 is 0 Å². The van der Waals surface area contributed by atoms with Gasteiger partial charge in [-0.15, -0.1) is 0 Å². The van der Waals surface area contributed by atoms with Crippen molar-refractivity contribution < 1.29 is 19.4 Å². The summed E-state index contributed by atoms with van der Waals surface area (Å²) in [7, 11) is 0. The number of carboxylic acid groups (broad SMARTS) is 1. The number of carbonyl (C=O) groups is 2. The zero-order valence-electron chi connectivity index (χ0n) is 23.2. The number of hydrogen-bond donors (Lipinski definition) is 1. The Kier molecular flexibility index (Phi) is 5.85. The predicted molar refractivity (Wildman–Crippen MR) is 138 cm³/mol. The van der Waals surface area contributed by atoms with Crippen LogP contribution in [-0.2, 0) is 14.3 Å². The lowest BCUT2D eigenvalue weighted by molar-refractivity contribution is -0.192. The Hall–Kier alpha value is -1.32. The van der Waals surface area contributed by atoms with Gasteiger partial charge in [0.25, 0.3) is 0 Å². The molecule has 0 spiro atoms. The molecule has 4 fully saturated rings. The van der Waals surface area contributed by atoms with Crippen molar-refractivity contribution >= 4 is 11.9 Å². The van der Waals surface area contributed by atoms with Crippen molar-refractivity contribution in [1.29, 1.82) is 0 Å². The van der Waals surface area contributed by atoms with Gasteiger partial charge >= 0.3 is 11.9 Å². The molecule has 2 unspecified atom stereocenters. The largest absolute Gasteiger partial charge is 0.481 e. The molecule has 35 heavy (non-hydrogen) atoms. The molecule has 0 saturated heterocycles. The van der Waals surface area contributed by atoms with Gasteiger partial charge in [0, 0.05) is 12.3 Å². The fraction of sp³-hybridized carbons (Fsp3) is 0.871. The first-order valence-corrected chi connectivity index (χ1v) is 14.4. The maximum atomic E-state index is 12.8. The molecule has 5 rings (SSSR count). The van der Waals surface area contributed by atoms with Gasteiger partial charge in [-0.1, -0.05) is 53.2 Å². The summed E-state index contributed by atoms with van der Waals surface area (Å²) >= 11 is 0. The van der Waals surface area contributed by atoms with Gasteiger partial charge < -0.3 is 9.84 Å². The molecule has 4 nitrogen and oxygen atoms in total. The first-order valence-electron chi connectivity index (χ1n) is 14.4. The zero-order chi connectivity index (χ0) is 25.6. The summed E-state index contributed by atoms with van der Waals surface area (Å²) in [4.78, 5) is 24.6. The van der Waals surface area contributed by atoms with E-state index >= 15 is 0 Å². The van der Waals surface area contributed by atoms with Crippen LogP contribution in [0.3, 0.4) is 0 Å². The minimum Gasteiger partial charge on any atom is -0.481 e. The van der Waals surface area contributed by atoms with E-state index in [2.05, 4.69) is 47.6 Å². The summed E-state index contributed by atoms with van der Waals surface area (Å²) in [6.45, 7) is 15.9. The van der Waals surface area contributed by atoms with Crippen LogP contribution in [0.5, 0.6) is 0 Å². The second kappa shape index (κ2) is 8.09. The van der Waals surface area contributed by atoms with E-state index in [0.717, 1.165) is 44.9 Å². The van der Waals surface area contributed by atoms with Crippen molar-refractivity contribution in [1.82, 2.24) is 0 Å². The highest BCUT2D eigenvalue weighted by atomic mass is 16.5. The van der Waals surface area contributed by atoms with Gasteiger partial charge in [-0.3, -0.25) is 9.59 Å². The summed E-state index contributed by atoms with van der Waals surface area (Å²) in [6.07, 6.45) is 11.9. The van der Waals surface area contributed by atoms with Crippen LogP contribution in [0.2, 0.25) is 0 Å². The Bertz CT molecular complexity index is 934. The SMILES string of the molecule is CC(=O)O[C@H]1CC[C@]2(C)[C@H]3CC=C4[C@@H]5C(C)[C@H](C)CC[C@]5(C(=O)O)CC[C@@]4(C)C3CC[C@H]2C1(C)C. The van der Waals surface area contributed by atoms with Crippen LogP contribution in [0.4, 0.5) is 0 Å². The van der Waals surface area contributed by atoms with E-state index in [1.807, 2.05) is 0 Å². The Morgan fingerprint density at radius 2 is 1.66 bits per heavy atom.